The predicted molar refractivity (Wildman–Crippen MR) is 141 cm³/mol. The highest BCUT2D eigenvalue weighted by Gasteiger charge is 2.59. The van der Waals surface area contributed by atoms with Gasteiger partial charge in [0, 0.05) is 0 Å². The van der Waals surface area contributed by atoms with Gasteiger partial charge in [0.15, 0.2) is 0 Å². The molecule has 214 valence electrons. The minimum Gasteiger partial charge on any atom is -0.264 e. The van der Waals surface area contributed by atoms with E-state index in [1.807, 2.05) is 6.92 Å². The van der Waals surface area contributed by atoms with Crippen molar-refractivity contribution in [3.63, 3.8) is 0 Å². The molecular formula is C27H46O8S2. The Labute approximate surface area is 223 Å². The van der Waals surface area contributed by atoms with Gasteiger partial charge in [0.1, 0.15) is 0 Å². The fraction of sp³-hybridized carbons (Fsp3) is 0.926. The molecule has 2 N–H and O–H groups in total. The molecule has 0 amide bonds. The Balaban J connectivity index is 1.37. The van der Waals surface area contributed by atoms with Crippen LogP contribution in [0.2, 0.25) is 0 Å². The van der Waals surface area contributed by atoms with Crippen LogP contribution in [0.15, 0.2) is 11.6 Å². The first-order chi connectivity index (χ1) is 17.1. The van der Waals surface area contributed by atoms with Gasteiger partial charge in [-0.25, -0.2) is 8.37 Å². The Kier molecular flexibility index (Phi) is 8.60. The van der Waals surface area contributed by atoms with Crippen molar-refractivity contribution in [1.29, 1.82) is 0 Å². The van der Waals surface area contributed by atoms with Gasteiger partial charge in [-0.15, -0.1) is 0 Å². The summed E-state index contributed by atoms with van der Waals surface area (Å²) in [6, 6.07) is 0. The summed E-state index contributed by atoms with van der Waals surface area (Å²) in [6.07, 6.45) is 13.1. The van der Waals surface area contributed by atoms with Crippen LogP contribution >= 0.6 is 0 Å². The van der Waals surface area contributed by atoms with E-state index in [2.05, 4.69) is 31.0 Å². The summed E-state index contributed by atoms with van der Waals surface area (Å²) >= 11 is 0. The normalized spacial score (nSPS) is 39.7. The molecule has 0 aliphatic heterocycles. The summed E-state index contributed by atoms with van der Waals surface area (Å²) in [5.41, 5.74) is 1.76. The van der Waals surface area contributed by atoms with Crippen LogP contribution in [-0.2, 0) is 29.2 Å². The summed E-state index contributed by atoms with van der Waals surface area (Å²) in [7, 11) is -8.80. The van der Waals surface area contributed by atoms with Crippen LogP contribution in [-0.4, -0.2) is 38.7 Å². The molecule has 0 bridgehead atoms. The highest BCUT2D eigenvalue weighted by atomic mass is 32.3. The van der Waals surface area contributed by atoms with E-state index >= 15 is 0 Å². The van der Waals surface area contributed by atoms with E-state index in [0.29, 0.717) is 47.8 Å². The van der Waals surface area contributed by atoms with Gasteiger partial charge in [0.05, 0.1) is 12.7 Å². The number of hydrogen-bond acceptors (Lipinski definition) is 6. The van der Waals surface area contributed by atoms with Crippen LogP contribution in [0.25, 0.3) is 0 Å². The van der Waals surface area contributed by atoms with Crippen LogP contribution < -0.4 is 0 Å². The second-order valence-electron chi connectivity index (χ2n) is 13.1. The molecule has 8 nitrogen and oxygen atoms in total. The van der Waals surface area contributed by atoms with Crippen LogP contribution in [0, 0.1) is 46.3 Å². The van der Waals surface area contributed by atoms with Crippen molar-refractivity contribution in [2.75, 3.05) is 6.61 Å². The van der Waals surface area contributed by atoms with Crippen molar-refractivity contribution < 1.29 is 34.3 Å². The smallest absolute Gasteiger partial charge is 0.264 e. The minimum atomic E-state index is -4.43. The summed E-state index contributed by atoms with van der Waals surface area (Å²) in [5, 5.41) is 0. The molecule has 0 aromatic carbocycles. The molecule has 9 atom stereocenters. The number of rotatable bonds is 10. The third kappa shape index (κ3) is 6.46. The molecule has 0 heterocycles. The highest BCUT2D eigenvalue weighted by molar-refractivity contribution is 7.81. The molecule has 4 rings (SSSR count). The average molecular weight is 563 g/mol. The molecule has 3 fully saturated rings. The summed E-state index contributed by atoms with van der Waals surface area (Å²) in [4.78, 5) is 0. The van der Waals surface area contributed by atoms with Crippen molar-refractivity contribution in [2.45, 2.75) is 104 Å². The van der Waals surface area contributed by atoms with E-state index in [9.17, 15) is 16.8 Å². The van der Waals surface area contributed by atoms with E-state index in [1.54, 1.807) is 0 Å². The van der Waals surface area contributed by atoms with Crippen molar-refractivity contribution in [2.24, 2.45) is 46.3 Å². The van der Waals surface area contributed by atoms with E-state index in [1.165, 1.54) is 31.3 Å². The van der Waals surface area contributed by atoms with Gasteiger partial charge in [-0.3, -0.25) is 9.11 Å². The largest absolute Gasteiger partial charge is 0.397 e. The third-order valence-corrected chi connectivity index (χ3v) is 11.9. The van der Waals surface area contributed by atoms with Crippen molar-refractivity contribution in [1.82, 2.24) is 0 Å². The van der Waals surface area contributed by atoms with Crippen LogP contribution in [0.5, 0.6) is 0 Å². The molecule has 0 aromatic heterocycles. The summed E-state index contributed by atoms with van der Waals surface area (Å²) < 4.78 is 71.6. The number of fused-ring (bicyclic) bond motifs is 5. The van der Waals surface area contributed by atoms with Crippen LogP contribution in [0.1, 0.15) is 98.3 Å². The standard InChI is InChI=1S/C27H46O8S2/c1-18(17-34-36(28,29)30)6-5-7-19(2)23-10-11-24-22-9-8-20-16-21(35-37(31,32)33)12-14-26(20,3)25(22)13-15-27(23,24)4/h8,18-19,21-25H,5-7,9-17H2,1-4H3,(H,28,29,30)(H,31,32,33)/t18?,19-,21+,22+,23?,24?,25?,26+,27?/m1/s1. The van der Waals surface area contributed by atoms with Gasteiger partial charge >= 0.3 is 20.8 Å². The predicted octanol–water partition coefficient (Wildman–Crippen LogP) is 6.02. The van der Waals surface area contributed by atoms with Crippen molar-refractivity contribution in [3.05, 3.63) is 11.6 Å². The molecule has 3 saturated carbocycles. The zero-order chi connectivity index (χ0) is 27.2. The molecule has 4 aliphatic rings. The maximum absolute atomic E-state index is 11.3. The Morgan fingerprint density at radius 2 is 1.70 bits per heavy atom. The first kappa shape index (κ1) is 29.5. The van der Waals surface area contributed by atoms with Crippen LogP contribution in [0.4, 0.5) is 0 Å². The van der Waals surface area contributed by atoms with Crippen LogP contribution in [0.3, 0.4) is 0 Å². The lowest BCUT2D eigenvalue weighted by Crippen LogP contribution is -2.51. The fourth-order valence-electron chi connectivity index (χ4n) is 9.13. The van der Waals surface area contributed by atoms with Gasteiger partial charge in [-0.2, -0.15) is 16.8 Å². The Morgan fingerprint density at radius 3 is 2.38 bits per heavy atom. The van der Waals surface area contributed by atoms with Gasteiger partial charge in [0.25, 0.3) is 0 Å². The number of hydrogen-bond donors (Lipinski definition) is 2. The Morgan fingerprint density at radius 1 is 0.973 bits per heavy atom. The topological polar surface area (TPSA) is 127 Å². The average Bonchev–Trinajstić information content (AvgIpc) is 3.14. The monoisotopic (exact) mass is 562 g/mol. The van der Waals surface area contributed by atoms with Gasteiger partial charge in [0.2, 0.25) is 0 Å². The molecular weight excluding hydrogens is 516 g/mol. The lowest BCUT2D eigenvalue weighted by atomic mass is 9.47. The first-order valence-electron chi connectivity index (χ1n) is 14.1. The van der Waals surface area contributed by atoms with Gasteiger partial charge in [-0.05, 0) is 104 Å². The lowest BCUT2D eigenvalue weighted by Gasteiger charge is -2.58. The molecule has 5 unspecified atom stereocenters. The zero-order valence-corrected chi connectivity index (χ0v) is 24.4. The van der Waals surface area contributed by atoms with E-state index in [-0.39, 0.29) is 17.9 Å². The molecule has 10 heteroatoms. The quantitative estimate of drug-likeness (QED) is 0.245. The molecule has 0 saturated heterocycles. The minimum absolute atomic E-state index is 0.0243. The third-order valence-electron chi connectivity index (χ3n) is 10.9. The molecule has 4 aliphatic carbocycles. The van der Waals surface area contributed by atoms with E-state index in [4.69, 9.17) is 13.3 Å². The fourth-order valence-corrected chi connectivity index (χ4v) is 10.0. The highest BCUT2D eigenvalue weighted by Crippen LogP contribution is 2.67. The SMILES string of the molecule is CC(CCC[C@@H](C)C1CCC2[C@@H]3CC=C4C[C@@H](OS(=O)(=O)O)CC[C@]4(C)C3CCC21C)COS(=O)(=O)O. The number of allylic oxidation sites excluding steroid dienone is 1. The summed E-state index contributed by atoms with van der Waals surface area (Å²) in [6.45, 7) is 9.28. The molecule has 0 spiro atoms. The molecule has 37 heavy (non-hydrogen) atoms. The van der Waals surface area contributed by atoms with Crippen molar-refractivity contribution in [3.8, 4) is 0 Å². The van der Waals surface area contributed by atoms with Crippen molar-refractivity contribution >= 4 is 20.8 Å². The van der Waals surface area contributed by atoms with E-state index < -0.39 is 26.9 Å². The maximum atomic E-state index is 11.3. The Hall–Kier alpha value is -0.520. The zero-order valence-electron chi connectivity index (χ0n) is 22.8. The second kappa shape index (κ2) is 10.8. The molecule has 0 aromatic rings. The van der Waals surface area contributed by atoms with E-state index in [0.717, 1.165) is 32.1 Å². The lowest BCUT2D eigenvalue weighted by molar-refractivity contribution is -0.0560. The molecule has 0 radical (unpaired) electrons. The Bertz CT molecular complexity index is 1070. The van der Waals surface area contributed by atoms with Gasteiger partial charge < -0.3 is 0 Å². The van der Waals surface area contributed by atoms with Gasteiger partial charge in [-0.1, -0.05) is 52.2 Å². The second-order valence-corrected chi connectivity index (χ2v) is 15.2. The maximum Gasteiger partial charge on any atom is 0.397 e. The summed E-state index contributed by atoms with van der Waals surface area (Å²) in [5.74, 6) is 3.39. The first-order valence-corrected chi connectivity index (χ1v) is 16.8.